The quantitative estimate of drug-likeness (QED) is 0.305. The van der Waals surface area contributed by atoms with Crippen molar-refractivity contribution >= 4 is 22.9 Å². The van der Waals surface area contributed by atoms with E-state index in [2.05, 4.69) is 10.6 Å². The van der Waals surface area contributed by atoms with Gasteiger partial charge < -0.3 is 30.3 Å². The molecule has 1 aliphatic carbocycles. The van der Waals surface area contributed by atoms with E-state index >= 15 is 0 Å². The van der Waals surface area contributed by atoms with Crippen molar-refractivity contribution in [3.63, 3.8) is 0 Å². The zero-order valence-corrected chi connectivity index (χ0v) is 18.6. The van der Waals surface area contributed by atoms with Crippen LogP contribution in [0, 0.1) is 0 Å². The normalized spacial score (nSPS) is 11.5. The number of carbonyl (C=O) groups is 2. The van der Waals surface area contributed by atoms with Crippen molar-refractivity contribution in [1.82, 2.24) is 0 Å². The minimum atomic E-state index is -0.209. The predicted molar refractivity (Wildman–Crippen MR) is 131 cm³/mol. The van der Waals surface area contributed by atoms with Crippen molar-refractivity contribution < 1.29 is 29.3 Å². The third-order valence-electron chi connectivity index (χ3n) is 4.67. The third-order valence-corrected chi connectivity index (χ3v) is 4.67. The fourth-order valence-electron chi connectivity index (χ4n) is 3.39. The van der Waals surface area contributed by atoms with Crippen LogP contribution >= 0.6 is 0 Å². The number of aliphatic hydroxyl groups excluding tert-OH is 2. The van der Waals surface area contributed by atoms with Crippen LogP contribution in [0.1, 0.15) is 53.1 Å². The molecule has 0 fully saturated rings. The van der Waals surface area contributed by atoms with E-state index in [0.29, 0.717) is 59.9 Å². The smallest absolute Gasteiger partial charge is 0.196 e. The highest BCUT2D eigenvalue weighted by Gasteiger charge is 2.33. The number of rotatable bonds is 12. The highest BCUT2D eigenvalue weighted by molar-refractivity contribution is 6.31. The van der Waals surface area contributed by atoms with Gasteiger partial charge in [-0.05, 0) is 12.1 Å². The van der Waals surface area contributed by atoms with E-state index in [1.165, 1.54) is 0 Å². The summed E-state index contributed by atoms with van der Waals surface area (Å²) in [5.74, 6) is -0.418. The molecule has 0 saturated heterocycles. The van der Waals surface area contributed by atoms with E-state index in [9.17, 15) is 9.59 Å². The molecule has 0 aromatic heterocycles. The summed E-state index contributed by atoms with van der Waals surface area (Å²) in [6.45, 7) is 6.04. The first-order valence-electron chi connectivity index (χ1n) is 10.9. The van der Waals surface area contributed by atoms with Crippen LogP contribution in [-0.4, -0.2) is 74.5 Å². The van der Waals surface area contributed by atoms with Gasteiger partial charge in [0.1, 0.15) is 0 Å². The Bertz CT molecular complexity index is 827. The van der Waals surface area contributed by atoms with Gasteiger partial charge in [-0.1, -0.05) is 45.5 Å². The molecule has 0 saturated carbocycles. The molecule has 0 heterocycles. The van der Waals surface area contributed by atoms with Gasteiger partial charge >= 0.3 is 0 Å². The van der Waals surface area contributed by atoms with Gasteiger partial charge in [0, 0.05) is 35.6 Å². The van der Waals surface area contributed by atoms with Crippen molar-refractivity contribution in [2.75, 3.05) is 63.4 Å². The number of aliphatic hydroxyl groups is 2. The summed E-state index contributed by atoms with van der Waals surface area (Å²) in [5, 5.41) is 23.8. The van der Waals surface area contributed by atoms with Crippen molar-refractivity contribution in [2.24, 2.45) is 0 Å². The number of nitrogens with one attached hydrogen (secondary N) is 2. The zero-order chi connectivity index (χ0) is 23.3. The Labute approximate surface area is 195 Å². The van der Waals surface area contributed by atoms with Crippen LogP contribution in [0.25, 0.3) is 0 Å². The summed E-state index contributed by atoms with van der Waals surface area (Å²) in [6.07, 6.45) is 0. The van der Waals surface area contributed by atoms with E-state index in [-0.39, 0.29) is 45.4 Å². The summed E-state index contributed by atoms with van der Waals surface area (Å²) in [7, 11) is 0. The SMILES string of the molecule is C.CC.O=C1c2cccc(NCCOCCO)c2C(=O)c2cccc(NCCOCCO)c21. The molecule has 0 aliphatic heterocycles. The molecule has 33 heavy (non-hydrogen) atoms. The average Bonchev–Trinajstić information content (AvgIpc) is 2.83. The van der Waals surface area contributed by atoms with Crippen molar-refractivity contribution in [3.05, 3.63) is 58.7 Å². The second-order valence-corrected chi connectivity index (χ2v) is 6.64. The van der Waals surface area contributed by atoms with Crippen molar-refractivity contribution in [3.8, 4) is 0 Å². The van der Waals surface area contributed by atoms with Gasteiger partial charge in [0.05, 0.1) is 50.8 Å². The summed E-state index contributed by atoms with van der Waals surface area (Å²) in [6, 6.07) is 10.3. The summed E-state index contributed by atoms with van der Waals surface area (Å²) in [4.78, 5) is 26.5. The van der Waals surface area contributed by atoms with E-state index in [4.69, 9.17) is 19.7 Å². The highest BCUT2D eigenvalue weighted by atomic mass is 16.5. The number of benzene rings is 2. The first kappa shape index (κ1) is 28.3. The maximum atomic E-state index is 13.2. The lowest BCUT2D eigenvalue weighted by molar-refractivity contribution is 0.0976. The number of carbonyl (C=O) groups excluding carboxylic acids is 2. The van der Waals surface area contributed by atoms with E-state index < -0.39 is 0 Å². The Morgan fingerprint density at radius 1 is 0.697 bits per heavy atom. The van der Waals surface area contributed by atoms with Crippen LogP contribution < -0.4 is 10.6 Å². The second kappa shape index (κ2) is 15.1. The number of fused-ring (bicyclic) bond motifs is 2. The third kappa shape index (κ3) is 7.10. The maximum absolute atomic E-state index is 13.2. The monoisotopic (exact) mass is 460 g/mol. The van der Waals surface area contributed by atoms with Crippen molar-refractivity contribution in [2.45, 2.75) is 21.3 Å². The molecule has 0 radical (unpaired) electrons. The number of hydrogen-bond donors (Lipinski definition) is 4. The highest BCUT2D eigenvalue weighted by Crippen LogP contribution is 2.35. The van der Waals surface area contributed by atoms with Gasteiger partial charge in [-0.15, -0.1) is 0 Å². The predicted octanol–water partition coefficient (Wildman–Crippen LogP) is 2.97. The fourth-order valence-corrected chi connectivity index (χ4v) is 3.39. The number of ketones is 2. The van der Waals surface area contributed by atoms with Gasteiger partial charge in [-0.25, -0.2) is 0 Å². The van der Waals surface area contributed by atoms with Gasteiger partial charge in [-0.3, -0.25) is 9.59 Å². The van der Waals surface area contributed by atoms with Crippen LogP contribution in [0.15, 0.2) is 36.4 Å². The van der Waals surface area contributed by atoms with Gasteiger partial charge in [0.2, 0.25) is 0 Å². The molecule has 0 atom stereocenters. The lowest BCUT2D eigenvalue weighted by Gasteiger charge is -2.23. The van der Waals surface area contributed by atoms with Crippen LogP contribution in [0.2, 0.25) is 0 Å². The minimum absolute atomic E-state index is 0. The number of anilines is 2. The molecule has 4 N–H and O–H groups in total. The Morgan fingerprint density at radius 2 is 1.09 bits per heavy atom. The van der Waals surface area contributed by atoms with Crippen LogP contribution in [0.3, 0.4) is 0 Å². The molecular formula is C25H36N2O6. The topological polar surface area (TPSA) is 117 Å². The van der Waals surface area contributed by atoms with Gasteiger partial charge in [-0.2, -0.15) is 0 Å². The van der Waals surface area contributed by atoms with E-state index in [1.54, 1.807) is 36.4 Å². The van der Waals surface area contributed by atoms with Crippen LogP contribution in [-0.2, 0) is 9.47 Å². The average molecular weight is 461 g/mol. The molecular weight excluding hydrogens is 424 g/mol. The zero-order valence-electron chi connectivity index (χ0n) is 18.6. The minimum Gasteiger partial charge on any atom is -0.394 e. The fraction of sp³-hybridized carbons (Fsp3) is 0.440. The summed E-state index contributed by atoms with van der Waals surface area (Å²) >= 11 is 0. The molecule has 1 aliphatic rings. The molecule has 182 valence electrons. The Morgan fingerprint density at radius 3 is 1.45 bits per heavy atom. The van der Waals surface area contributed by atoms with E-state index in [1.807, 2.05) is 13.8 Å². The standard InChI is InChI=1S/C22H26N2O6.C2H6.CH4/c25-9-13-29-11-7-23-17-5-1-3-15-19(17)22(28)16-4-2-6-18(20(16)21(15)27)24-8-12-30-14-10-26;1-2;/h1-6,23-26H,7-14H2;1-2H3;1H4. The second-order valence-electron chi connectivity index (χ2n) is 6.64. The molecule has 2 aromatic carbocycles. The van der Waals surface area contributed by atoms with Gasteiger partial charge in [0.15, 0.2) is 11.6 Å². The Balaban J connectivity index is 0.00000177. The lowest BCUT2D eigenvalue weighted by Crippen LogP contribution is -2.25. The molecule has 8 nitrogen and oxygen atoms in total. The Kier molecular flexibility index (Phi) is 13.0. The first-order valence-corrected chi connectivity index (χ1v) is 10.9. The summed E-state index contributed by atoms with van der Waals surface area (Å²) in [5.41, 5.74) is 2.61. The molecule has 2 aromatic rings. The van der Waals surface area contributed by atoms with Crippen LogP contribution in [0.5, 0.6) is 0 Å². The first-order chi connectivity index (χ1) is 15.7. The molecule has 3 rings (SSSR count). The summed E-state index contributed by atoms with van der Waals surface area (Å²) < 4.78 is 10.5. The molecule has 0 unspecified atom stereocenters. The van der Waals surface area contributed by atoms with E-state index in [0.717, 1.165) is 0 Å². The molecule has 0 amide bonds. The van der Waals surface area contributed by atoms with Crippen LogP contribution in [0.4, 0.5) is 11.4 Å². The molecule has 0 spiro atoms. The maximum Gasteiger partial charge on any atom is 0.196 e. The largest absolute Gasteiger partial charge is 0.394 e. The van der Waals surface area contributed by atoms with Crippen molar-refractivity contribution in [1.29, 1.82) is 0 Å². The molecule has 0 bridgehead atoms. The molecule has 8 heteroatoms. The van der Waals surface area contributed by atoms with Gasteiger partial charge in [0.25, 0.3) is 0 Å². The number of ether oxygens (including phenoxy) is 2. The lowest BCUT2D eigenvalue weighted by atomic mass is 9.82. The number of hydrogen-bond acceptors (Lipinski definition) is 8. The Hall–Kier alpha value is -2.78.